The second-order valence-corrected chi connectivity index (χ2v) is 5.44. The van der Waals surface area contributed by atoms with Gasteiger partial charge in [0.05, 0.1) is 12.9 Å². The molecule has 24 heavy (non-hydrogen) atoms. The molecule has 0 aliphatic rings. The van der Waals surface area contributed by atoms with E-state index in [0.29, 0.717) is 16.9 Å². The van der Waals surface area contributed by atoms with Crippen molar-refractivity contribution in [3.8, 4) is 17.2 Å². The summed E-state index contributed by atoms with van der Waals surface area (Å²) in [6.07, 6.45) is 3.10. The molecule has 0 saturated carbocycles. The van der Waals surface area contributed by atoms with E-state index < -0.39 is 0 Å². The molecular weight excluding hydrogens is 330 g/mol. The molecule has 0 spiro atoms. The number of nitrogens with zero attached hydrogens (tertiary/aromatic N) is 4. The fourth-order valence-electron chi connectivity index (χ4n) is 1.79. The van der Waals surface area contributed by atoms with Gasteiger partial charge < -0.3 is 9.15 Å². The van der Waals surface area contributed by atoms with Gasteiger partial charge in [-0.1, -0.05) is 17.8 Å². The summed E-state index contributed by atoms with van der Waals surface area (Å²) in [7, 11) is 1.59. The van der Waals surface area contributed by atoms with E-state index in [9.17, 15) is 4.79 Å². The number of nitrogens with one attached hydrogen (secondary N) is 1. The zero-order valence-electron chi connectivity index (χ0n) is 12.7. The first-order chi connectivity index (χ1) is 11.7. The van der Waals surface area contributed by atoms with Crippen molar-refractivity contribution in [2.45, 2.75) is 5.22 Å². The van der Waals surface area contributed by atoms with Gasteiger partial charge in [-0.05, 0) is 24.3 Å². The maximum atomic E-state index is 11.8. The SMILES string of the molecule is COc1cccc(-c2nnc(SCC(=O)Nc3ncccn3)o2)c1. The standard InChI is InChI=1S/C15H13N5O3S/c1-22-11-5-2-4-10(8-11)13-19-20-15(23-13)24-9-12(21)18-14-16-6-3-7-17-14/h2-8H,9H2,1H3,(H,16,17,18,21). The maximum Gasteiger partial charge on any atom is 0.277 e. The van der Waals surface area contributed by atoms with Crippen LogP contribution in [-0.4, -0.2) is 38.9 Å². The Morgan fingerprint density at radius 2 is 2.08 bits per heavy atom. The summed E-state index contributed by atoms with van der Waals surface area (Å²) in [4.78, 5) is 19.7. The van der Waals surface area contributed by atoms with Crippen molar-refractivity contribution in [2.75, 3.05) is 18.2 Å². The number of benzene rings is 1. The molecule has 1 aromatic carbocycles. The molecule has 0 atom stereocenters. The van der Waals surface area contributed by atoms with Gasteiger partial charge >= 0.3 is 0 Å². The van der Waals surface area contributed by atoms with Crippen LogP contribution in [0.15, 0.2) is 52.4 Å². The highest BCUT2D eigenvalue weighted by Crippen LogP contribution is 2.25. The Bertz CT molecular complexity index is 825. The number of carbonyl (C=O) groups excluding carboxylic acids is 1. The van der Waals surface area contributed by atoms with Gasteiger partial charge in [-0.15, -0.1) is 10.2 Å². The van der Waals surface area contributed by atoms with E-state index in [4.69, 9.17) is 9.15 Å². The summed E-state index contributed by atoms with van der Waals surface area (Å²) >= 11 is 1.13. The largest absolute Gasteiger partial charge is 0.497 e. The lowest BCUT2D eigenvalue weighted by Gasteiger charge is -2.01. The van der Waals surface area contributed by atoms with Crippen molar-refractivity contribution >= 4 is 23.6 Å². The van der Waals surface area contributed by atoms with Gasteiger partial charge in [-0.25, -0.2) is 9.97 Å². The number of rotatable bonds is 6. The minimum Gasteiger partial charge on any atom is -0.497 e. The second kappa shape index (κ2) is 7.55. The first-order valence-corrected chi connectivity index (χ1v) is 7.91. The van der Waals surface area contributed by atoms with Crippen LogP contribution in [0.2, 0.25) is 0 Å². The first-order valence-electron chi connectivity index (χ1n) is 6.92. The third-order valence-corrected chi connectivity index (χ3v) is 3.69. The third-order valence-electron chi connectivity index (χ3n) is 2.87. The Hall–Kier alpha value is -2.94. The average Bonchev–Trinajstić information content (AvgIpc) is 3.10. The van der Waals surface area contributed by atoms with E-state index >= 15 is 0 Å². The second-order valence-electron chi connectivity index (χ2n) is 4.51. The van der Waals surface area contributed by atoms with Gasteiger partial charge in [-0.2, -0.15) is 0 Å². The van der Waals surface area contributed by atoms with Gasteiger partial charge in [-0.3, -0.25) is 10.1 Å². The maximum absolute atomic E-state index is 11.8. The fourth-order valence-corrected chi connectivity index (χ4v) is 2.36. The summed E-state index contributed by atoms with van der Waals surface area (Å²) in [6.45, 7) is 0. The number of hydrogen-bond donors (Lipinski definition) is 1. The summed E-state index contributed by atoms with van der Waals surface area (Å²) in [5.74, 6) is 1.17. The molecule has 0 fully saturated rings. The Kier molecular flexibility index (Phi) is 5.02. The average molecular weight is 343 g/mol. The molecule has 0 bridgehead atoms. The Balaban J connectivity index is 1.59. The number of ether oxygens (including phenoxy) is 1. The number of aromatic nitrogens is 4. The van der Waals surface area contributed by atoms with Gasteiger partial charge in [0.25, 0.3) is 5.22 Å². The Morgan fingerprint density at radius 3 is 2.88 bits per heavy atom. The smallest absolute Gasteiger partial charge is 0.277 e. The summed E-state index contributed by atoms with van der Waals surface area (Å²) in [5.41, 5.74) is 0.746. The number of thioether (sulfide) groups is 1. The quantitative estimate of drug-likeness (QED) is 0.680. The van der Waals surface area contributed by atoms with Crippen molar-refractivity contribution in [3.63, 3.8) is 0 Å². The molecule has 122 valence electrons. The molecule has 3 rings (SSSR count). The Labute approximate surface area is 141 Å². The van der Waals surface area contributed by atoms with Crippen molar-refractivity contribution < 1.29 is 13.9 Å². The number of amides is 1. The Morgan fingerprint density at radius 1 is 1.25 bits per heavy atom. The van der Waals surface area contributed by atoms with Crippen LogP contribution in [0.5, 0.6) is 5.75 Å². The lowest BCUT2D eigenvalue weighted by atomic mass is 10.2. The van der Waals surface area contributed by atoms with Crippen LogP contribution in [0.4, 0.5) is 5.95 Å². The van der Waals surface area contributed by atoms with Crippen LogP contribution in [0, 0.1) is 0 Å². The van der Waals surface area contributed by atoms with Crippen LogP contribution in [0.3, 0.4) is 0 Å². The predicted molar refractivity (Wildman–Crippen MR) is 87.7 cm³/mol. The van der Waals surface area contributed by atoms with Crippen LogP contribution in [0.1, 0.15) is 0 Å². The highest BCUT2D eigenvalue weighted by molar-refractivity contribution is 7.99. The van der Waals surface area contributed by atoms with E-state index in [0.717, 1.165) is 17.3 Å². The van der Waals surface area contributed by atoms with Gasteiger partial charge in [0, 0.05) is 18.0 Å². The lowest BCUT2D eigenvalue weighted by Crippen LogP contribution is -2.15. The third kappa shape index (κ3) is 4.07. The fraction of sp³-hybridized carbons (Fsp3) is 0.133. The van der Waals surface area contributed by atoms with Crippen molar-refractivity contribution in [2.24, 2.45) is 0 Å². The van der Waals surface area contributed by atoms with E-state index in [1.807, 2.05) is 18.2 Å². The van der Waals surface area contributed by atoms with E-state index in [1.165, 1.54) is 0 Å². The summed E-state index contributed by atoms with van der Waals surface area (Å²) in [5, 5.41) is 10.8. The molecule has 9 heteroatoms. The topological polar surface area (TPSA) is 103 Å². The van der Waals surface area contributed by atoms with Gasteiger partial charge in [0.15, 0.2) is 0 Å². The predicted octanol–water partition coefficient (Wildman–Crippen LogP) is 2.27. The van der Waals surface area contributed by atoms with Crippen LogP contribution < -0.4 is 10.1 Å². The number of carbonyl (C=O) groups is 1. The van der Waals surface area contributed by atoms with Crippen molar-refractivity contribution in [3.05, 3.63) is 42.7 Å². The molecule has 0 aliphatic carbocycles. The van der Waals surface area contributed by atoms with Crippen LogP contribution in [0.25, 0.3) is 11.5 Å². The highest BCUT2D eigenvalue weighted by atomic mass is 32.2. The molecule has 8 nitrogen and oxygen atoms in total. The zero-order chi connectivity index (χ0) is 16.8. The van der Waals surface area contributed by atoms with Crippen molar-refractivity contribution in [1.82, 2.24) is 20.2 Å². The molecular formula is C15H13N5O3S. The van der Waals surface area contributed by atoms with E-state index in [-0.39, 0.29) is 17.6 Å². The molecule has 0 unspecified atom stereocenters. The molecule has 0 saturated heterocycles. The molecule has 1 N–H and O–H groups in total. The molecule has 3 aromatic rings. The molecule has 0 aliphatic heterocycles. The van der Waals surface area contributed by atoms with Crippen molar-refractivity contribution in [1.29, 1.82) is 0 Å². The minimum atomic E-state index is -0.257. The summed E-state index contributed by atoms with van der Waals surface area (Å²) in [6, 6.07) is 8.96. The van der Waals surface area contributed by atoms with Crippen LogP contribution >= 0.6 is 11.8 Å². The van der Waals surface area contributed by atoms with Crippen LogP contribution in [-0.2, 0) is 4.79 Å². The lowest BCUT2D eigenvalue weighted by molar-refractivity contribution is -0.113. The van der Waals surface area contributed by atoms with E-state index in [1.54, 1.807) is 31.6 Å². The molecule has 0 radical (unpaired) electrons. The molecule has 2 aromatic heterocycles. The first kappa shape index (κ1) is 15.9. The monoisotopic (exact) mass is 343 g/mol. The number of anilines is 1. The minimum absolute atomic E-state index is 0.109. The van der Waals surface area contributed by atoms with E-state index in [2.05, 4.69) is 25.5 Å². The number of hydrogen-bond acceptors (Lipinski definition) is 8. The molecule has 2 heterocycles. The van der Waals surface area contributed by atoms with Gasteiger partial charge in [0.2, 0.25) is 17.7 Å². The zero-order valence-corrected chi connectivity index (χ0v) is 13.5. The number of methoxy groups -OCH3 is 1. The normalized spacial score (nSPS) is 10.4. The highest BCUT2D eigenvalue weighted by Gasteiger charge is 2.12. The van der Waals surface area contributed by atoms with Gasteiger partial charge in [0.1, 0.15) is 5.75 Å². The summed E-state index contributed by atoms with van der Waals surface area (Å²) < 4.78 is 10.7. The molecule has 1 amide bonds.